The van der Waals surface area contributed by atoms with Crippen molar-refractivity contribution in [1.82, 2.24) is 0 Å². The summed E-state index contributed by atoms with van der Waals surface area (Å²) in [6.07, 6.45) is 2.03. The normalized spacial score (nSPS) is 10.4. The van der Waals surface area contributed by atoms with Crippen LogP contribution in [-0.4, -0.2) is 31.9 Å². The lowest BCUT2D eigenvalue weighted by atomic mass is 10.2. The second kappa shape index (κ2) is 7.06. The maximum atomic E-state index is 13.5. The Hall–Kier alpha value is -1.49. The van der Waals surface area contributed by atoms with Crippen LogP contribution in [0, 0.1) is 5.82 Å². The summed E-state index contributed by atoms with van der Waals surface area (Å²) in [5.74, 6) is -0.308. The number of methoxy groups -OCH3 is 1. The van der Waals surface area contributed by atoms with Crippen molar-refractivity contribution in [1.29, 1.82) is 0 Å². The molecule has 102 valence electrons. The minimum Gasteiger partial charge on any atom is -0.494 e. The van der Waals surface area contributed by atoms with Gasteiger partial charge in [-0.2, -0.15) is 0 Å². The Bertz CT molecular complexity index is 385. The van der Waals surface area contributed by atoms with Gasteiger partial charge in [0.2, 0.25) is 0 Å². The van der Waals surface area contributed by atoms with Gasteiger partial charge in [-0.3, -0.25) is 0 Å². The molecular weight excluding hydrogens is 235 g/mol. The summed E-state index contributed by atoms with van der Waals surface area (Å²) in [5.41, 5.74) is 6.89. The molecule has 0 aliphatic heterocycles. The number of nitrogens with two attached hydrogens (primary N) is 1. The highest BCUT2D eigenvalue weighted by molar-refractivity contribution is 5.70. The van der Waals surface area contributed by atoms with Crippen LogP contribution in [0.1, 0.15) is 19.8 Å². The molecule has 0 saturated carbocycles. The average molecular weight is 256 g/mol. The summed E-state index contributed by atoms with van der Waals surface area (Å²) in [6, 6.07) is 2.83. The highest BCUT2D eigenvalue weighted by Gasteiger charge is 2.13. The predicted molar refractivity (Wildman–Crippen MR) is 71.6 cm³/mol. The Balaban J connectivity index is 3.02. The van der Waals surface area contributed by atoms with Gasteiger partial charge >= 0.3 is 0 Å². The van der Waals surface area contributed by atoms with Crippen molar-refractivity contribution >= 4 is 11.4 Å². The van der Waals surface area contributed by atoms with E-state index in [1.165, 1.54) is 13.2 Å². The van der Waals surface area contributed by atoms with Crippen molar-refractivity contribution in [2.75, 3.05) is 37.4 Å². The van der Waals surface area contributed by atoms with E-state index in [0.29, 0.717) is 17.9 Å². The van der Waals surface area contributed by atoms with Crippen LogP contribution in [0.25, 0.3) is 0 Å². The quantitative estimate of drug-likeness (QED) is 0.733. The molecule has 0 aliphatic carbocycles. The standard InChI is InChI=1S/C13H21FN2O2/c1-3-4-5-16(6-7-17)12-9-13(18-2)10(14)8-11(12)15/h8-9,17H,3-7,15H2,1-2H3. The number of nitrogens with zero attached hydrogens (tertiary/aromatic N) is 1. The molecule has 0 atom stereocenters. The van der Waals surface area contributed by atoms with Crippen LogP contribution >= 0.6 is 0 Å². The number of nitrogen functional groups attached to an aromatic ring is 1. The molecule has 0 aromatic heterocycles. The SMILES string of the molecule is CCCCN(CCO)c1cc(OC)c(F)cc1N. The van der Waals surface area contributed by atoms with Crippen LogP contribution in [0.3, 0.4) is 0 Å². The van der Waals surface area contributed by atoms with Gasteiger partial charge in [-0.1, -0.05) is 13.3 Å². The first-order valence-corrected chi connectivity index (χ1v) is 6.12. The molecule has 0 saturated heterocycles. The van der Waals surface area contributed by atoms with E-state index in [2.05, 4.69) is 6.92 Å². The van der Waals surface area contributed by atoms with E-state index in [0.717, 1.165) is 19.4 Å². The van der Waals surface area contributed by atoms with E-state index in [-0.39, 0.29) is 12.4 Å². The summed E-state index contributed by atoms with van der Waals surface area (Å²) < 4.78 is 18.4. The van der Waals surface area contributed by atoms with Gasteiger partial charge in [0.25, 0.3) is 0 Å². The van der Waals surface area contributed by atoms with Crippen LogP contribution in [-0.2, 0) is 0 Å². The number of ether oxygens (including phenoxy) is 1. The zero-order valence-electron chi connectivity index (χ0n) is 10.9. The van der Waals surface area contributed by atoms with Crippen molar-refractivity contribution in [3.63, 3.8) is 0 Å². The molecule has 0 fully saturated rings. The number of benzene rings is 1. The lowest BCUT2D eigenvalue weighted by Gasteiger charge is -2.25. The molecule has 0 bridgehead atoms. The zero-order valence-corrected chi connectivity index (χ0v) is 10.9. The maximum absolute atomic E-state index is 13.5. The Morgan fingerprint density at radius 3 is 2.67 bits per heavy atom. The summed E-state index contributed by atoms with van der Waals surface area (Å²) in [7, 11) is 1.42. The fraction of sp³-hybridized carbons (Fsp3) is 0.538. The Morgan fingerprint density at radius 2 is 2.11 bits per heavy atom. The molecule has 0 aliphatic rings. The number of unbranched alkanes of at least 4 members (excludes halogenated alkanes) is 1. The van der Waals surface area contributed by atoms with Crippen molar-refractivity contribution in [3.8, 4) is 5.75 Å². The molecule has 1 aromatic rings. The lowest BCUT2D eigenvalue weighted by molar-refractivity contribution is 0.301. The smallest absolute Gasteiger partial charge is 0.167 e. The van der Waals surface area contributed by atoms with E-state index in [1.807, 2.05) is 4.90 Å². The third kappa shape index (κ3) is 3.50. The van der Waals surface area contributed by atoms with E-state index in [9.17, 15) is 4.39 Å². The second-order valence-corrected chi connectivity index (χ2v) is 4.11. The highest BCUT2D eigenvalue weighted by Crippen LogP contribution is 2.31. The number of aliphatic hydroxyl groups is 1. The van der Waals surface area contributed by atoms with E-state index in [1.54, 1.807) is 6.07 Å². The van der Waals surface area contributed by atoms with Crippen LogP contribution < -0.4 is 15.4 Å². The van der Waals surface area contributed by atoms with Gasteiger partial charge < -0.3 is 20.5 Å². The molecule has 0 unspecified atom stereocenters. The topological polar surface area (TPSA) is 58.7 Å². The van der Waals surface area contributed by atoms with Gasteiger partial charge in [-0.15, -0.1) is 0 Å². The third-order valence-electron chi connectivity index (χ3n) is 2.79. The fourth-order valence-corrected chi connectivity index (χ4v) is 1.81. The minimum absolute atomic E-state index is 0.0306. The molecule has 1 aromatic carbocycles. The first-order chi connectivity index (χ1) is 8.63. The largest absolute Gasteiger partial charge is 0.494 e. The van der Waals surface area contributed by atoms with E-state index >= 15 is 0 Å². The molecular formula is C13H21FN2O2. The predicted octanol–water partition coefficient (Wildman–Crippen LogP) is 2.02. The number of rotatable bonds is 7. The third-order valence-corrected chi connectivity index (χ3v) is 2.79. The van der Waals surface area contributed by atoms with Crippen molar-refractivity contribution in [2.45, 2.75) is 19.8 Å². The Kier molecular flexibility index (Phi) is 5.71. The van der Waals surface area contributed by atoms with Gasteiger partial charge in [0.05, 0.1) is 25.1 Å². The molecule has 0 radical (unpaired) electrons. The van der Waals surface area contributed by atoms with E-state index in [4.69, 9.17) is 15.6 Å². The highest BCUT2D eigenvalue weighted by atomic mass is 19.1. The zero-order chi connectivity index (χ0) is 13.5. The van der Waals surface area contributed by atoms with Gasteiger partial charge in [0.1, 0.15) is 0 Å². The number of halogens is 1. The van der Waals surface area contributed by atoms with Crippen molar-refractivity contribution in [2.24, 2.45) is 0 Å². The Morgan fingerprint density at radius 1 is 1.39 bits per heavy atom. The van der Waals surface area contributed by atoms with Crippen molar-refractivity contribution in [3.05, 3.63) is 17.9 Å². The van der Waals surface area contributed by atoms with Gasteiger partial charge in [-0.05, 0) is 6.42 Å². The molecule has 1 rings (SSSR count). The Labute approximate surface area is 107 Å². The molecule has 3 N–H and O–H groups in total. The second-order valence-electron chi connectivity index (χ2n) is 4.11. The molecule has 5 heteroatoms. The summed E-state index contributed by atoms with van der Waals surface area (Å²) in [6.45, 7) is 3.36. The summed E-state index contributed by atoms with van der Waals surface area (Å²) in [4.78, 5) is 1.95. The van der Waals surface area contributed by atoms with Crippen LogP contribution in [0.2, 0.25) is 0 Å². The van der Waals surface area contributed by atoms with Crippen LogP contribution in [0.5, 0.6) is 5.75 Å². The fourth-order valence-electron chi connectivity index (χ4n) is 1.81. The number of anilines is 2. The van der Waals surface area contributed by atoms with Gasteiger partial charge in [0, 0.05) is 25.2 Å². The average Bonchev–Trinajstić information content (AvgIpc) is 2.35. The molecule has 18 heavy (non-hydrogen) atoms. The van der Waals surface area contributed by atoms with Gasteiger partial charge in [0.15, 0.2) is 11.6 Å². The maximum Gasteiger partial charge on any atom is 0.167 e. The van der Waals surface area contributed by atoms with Crippen LogP contribution in [0.4, 0.5) is 15.8 Å². The molecule has 0 amide bonds. The molecule has 0 spiro atoms. The first kappa shape index (κ1) is 14.6. The number of aliphatic hydroxyl groups excluding tert-OH is 1. The van der Waals surface area contributed by atoms with Crippen LogP contribution in [0.15, 0.2) is 12.1 Å². The lowest BCUT2D eigenvalue weighted by Crippen LogP contribution is -2.28. The molecule has 4 nitrogen and oxygen atoms in total. The molecule has 0 heterocycles. The van der Waals surface area contributed by atoms with Crippen molar-refractivity contribution < 1.29 is 14.2 Å². The minimum atomic E-state index is -0.474. The summed E-state index contributed by atoms with van der Waals surface area (Å²) in [5, 5.41) is 9.08. The number of hydrogen-bond acceptors (Lipinski definition) is 4. The number of hydrogen-bond donors (Lipinski definition) is 2. The van der Waals surface area contributed by atoms with E-state index < -0.39 is 5.82 Å². The van der Waals surface area contributed by atoms with Gasteiger partial charge in [-0.25, -0.2) is 4.39 Å². The first-order valence-electron chi connectivity index (χ1n) is 6.12. The monoisotopic (exact) mass is 256 g/mol. The summed E-state index contributed by atoms with van der Waals surface area (Å²) >= 11 is 0.